The van der Waals surface area contributed by atoms with Crippen LogP contribution in [0.4, 0.5) is 0 Å². The highest BCUT2D eigenvalue weighted by molar-refractivity contribution is 6.11. The van der Waals surface area contributed by atoms with Gasteiger partial charge in [0, 0.05) is 24.0 Å². The van der Waals surface area contributed by atoms with Crippen LogP contribution < -0.4 is 9.47 Å². The number of phenols is 1. The molecule has 2 heterocycles. The van der Waals surface area contributed by atoms with Crippen LogP contribution in [0.25, 0.3) is 0 Å². The smallest absolute Gasteiger partial charge is 0.215 e. The van der Waals surface area contributed by atoms with Crippen molar-refractivity contribution in [1.82, 2.24) is 0 Å². The molecule has 0 bridgehead atoms. The van der Waals surface area contributed by atoms with Crippen molar-refractivity contribution in [2.45, 2.75) is 18.9 Å². The molecule has 0 amide bonds. The van der Waals surface area contributed by atoms with Gasteiger partial charge in [-0.15, -0.1) is 0 Å². The summed E-state index contributed by atoms with van der Waals surface area (Å²) >= 11 is 0. The lowest BCUT2D eigenvalue weighted by Crippen LogP contribution is -2.38. The fourth-order valence-electron chi connectivity index (χ4n) is 4.75. The molecule has 4 nitrogen and oxygen atoms in total. The number of hydrogen-bond donors (Lipinski definition) is 1. The first-order chi connectivity index (χ1) is 14.2. The lowest BCUT2D eigenvalue weighted by Gasteiger charge is -2.31. The van der Waals surface area contributed by atoms with Crippen molar-refractivity contribution in [3.05, 3.63) is 88.5 Å². The summed E-state index contributed by atoms with van der Waals surface area (Å²) in [4.78, 5) is 0. The second-order valence-electron chi connectivity index (χ2n) is 7.62. The minimum Gasteiger partial charge on any atom is -0.504 e. The minimum absolute atomic E-state index is 0.192. The SMILES string of the molecule is COc1ccc2c(c1)CC[N+]1=C(c3ccccc3)c3cc(OC)c(O)cc3CC21. The van der Waals surface area contributed by atoms with Gasteiger partial charge >= 0.3 is 0 Å². The number of nitrogens with zero attached hydrogens (tertiary/aromatic N) is 1. The van der Waals surface area contributed by atoms with Crippen molar-refractivity contribution in [2.24, 2.45) is 0 Å². The molecule has 0 spiro atoms. The summed E-state index contributed by atoms with van der Waals surface area (Å²) in [5.41, 5.74) is 7.36. The summed E-state index contributed by atoms with van der Waals surface area (Å²) in [7, 11) is 3.31. The van der Waals surface area contributed by atoms with E-state index in [0.29, 0.717) is 5.75 Å². The Bertz CT molecular complexity index is 1120. The molecule has 146 valence electrons. The fraction of sp³-hybridized carbons (Fsp3) is 0.240. The Morgan fingerprint density at radius 2 is 1.76 bits per heavy atom. The van der Waals surface area contributed by atoms with E-state index in [1.807, 2.05) is 24.3 Å². The van der Waals surface area contributed by atoms with Crippen LogP contribution in [0.5, 0.6) is 17.2 Å². The van der Waals surface area contributed by atoms with Gasteiger partial charge in [0.25, 0.3) is 0 Å². The minimum atomic E-state index is 0.192. The molecule has 2 aliphatic heterocycles. The van der Waals surface area contributed by atoms with Gasteiger partial charge in [-0.25, -0.2) is 4.58 Å². The van der Waals surface area contributed by atoms with Crippen molar-refractivity contribution >= 4 is 5.71 Å². The molecular formula is C25H24NO3+. The highest BCUT2D eigenvalue weighted by Gasteiger charge is 2.40. The van der Waals surface area contributed by atoms with Crippen LogP contribution in [-0.2, 0) is 12.8 Å². The van der Waals surface area contributed by atoms with Crippen molar-refractivity contribution in [3.8, 4) is 17.2 Å². The average molecular weight is 386 g/mol. The summed E-state index contributed by atoms with van der Waals surface area (Å²) in [6.45, 7) is 0.942. The standard InChI is InChI=1S/C25H23NO3/c1-28-19-8-9-20-17(12-19)10-11-26-22(20)13-18-14-23(27)24(29-2)15-21(18)25(26)16-6-4-3-5-7-16/h3-9,12,14-15,22H,10-11,13H2,1-2H3/p+1. The highest BCUT2D eigenvalue weighted by atomic mass is 16.5. The Morgan fingerprint density at radius 1 is 0.931 bits per heavy atom. The number of ether oxygens (including phenoxy) is 2. The number of fused-ring (bicyclic) bond motifs is 4. The zero-order valence-electron chi connectivity index (χ0n) is 16.7. The van der Waals surface area contributed by atoms with E-state index >= 15 is 0 Å². The monoisotopic (exact) mass is 386 g/mol. The predicted molar refractivity (Wildman–Crippen MR) is 113 cm³/mol. The molecule has 0 aromatic heterocycles. The molecule has 3 aromatic carbocycles. The Kier molecular flexibility index (Phi) is 4.27. The van der Waals surface area contributed by atoms with E-state index in [4.69, 9.17) is 9.47 Å². The summed E-state index contributed by atoms with van der Waals surface area (Å²) in [5.74, 6) is 1.61. The maximum absolute atomic E-state index is 10.4. The van der Waals surface area contributed by atoms with Gasteiger partial charge in [-0.05, 0) is 53.6 Å². The van der Waals surface area contributed by atoms with Gasteiger partial charge in [-0.3, -0.25) is 0 Å². The number of rotatable bonds is 3. The Hall–Kier alpha value is -3.27. The van der Waals surface area contributed by atoms with Crippen molar-refractivity contribution < 1.29 is 19.2 Å². The third-order valence-electron chi connectivity index (χ3n) is 6.11. The second kappa shape index (κ2) is 6.96. The molecule has 2 aliphatic rings. The topological polar surface area (TPSA) is 41.7 Å². The molecule has 0 aliphatic carbocycles. The number of phenolic OH excluding ortho intramolecular Hbond substituents is 1. The normalized spacial score (nSPS) is 17.2. The van der Waals surface area contributed by atoms with Crippen LogP contribution >= 0.6 is 0 Å². The molecule has 5 rings (SSSR count). The van der Waals surface area contributed by atoms with Gasteiger partial charge in [0.15, 0.2) is 17.5 Å². The molecule has 1 unspecified atom stereocenters. The third-order valence-corrected chi connectivity index (χ3v) is 6.11. The van der Waals surface area contributed by atoms with E-state index in [0.717, 1.165) is 36.3 Å². The van der Waals surface area contributed by atoms with Crippen LogP contribution in [0.1, 0.15) is 33.9 Å². The molecule has 0 saturated carbocycles. The van der Waals surface area contributed by atoms with E-state index in [9.17, 15) is 5.11 Å². The summed E-state index contributed by atoms with van der Waals surface area (Å²) in [5, 5.41) is 10.4. The van der Waals surface area contributed by atoms with Gasteiger partial charge in [0.1, 0.15) is 12.3 Å². The first-order valence-corrected chi connectivity index (χ1v) is 9.95. The molecule has 29 heavy (non-hydrogen) atoms. The molecule has 1 N–H and O–H groups in total. The largest absolute Gasteiger partial charge is 0.504 e. The predicted octanol–water partition coefficient (Wildman–Crippen LogP) is 4.11. The lowest BCUT2D eigenvalue weighted by atomic mass is 9.82. The zero-order valence-corrected chi connectivity index (χ0v) is 16.7. The highest BCUT2D eigenvalue weighted by Crippen LogP contribution is 2.40. The molecule has 3 aromatic rings. The van der Waals surface area contributed by atoms with Crippen molar-refractivity contribution in [1.29, 1.82) is 0 Å². The number of benzene rings is 3. The van der Waals surface area contributed by atoms with Crippen LogP contribution in [0.2, 0.25) is 0 Å². The van der Waals surface area contributed by atoms with E-state index in [2.05, 4.69) is 41.0 Å². The van der Waals surface area contributed by atoms with Gasteiger partial charge in [0.2, 0.25) is 5.71 Å². The molecule has 0 saturated heterocycles. The average Bonchev–Trinajstić information content (AvgIpc) is 2.77. The summed E-state index contributed by atoms with van der Waals surface area (Å²) in [6, 6.07) is 21.0. The lowest BCUT2D eigenvalue weighted by molar-refractivity contribution is -0.577. The summed E-state index contributed by atoms with van der Waals surface area (Å²) in [6.07, 6.45) is 1.83. The van der Waals surface area contributed by atoms with Crippen molar-refractivity contribution in [3.63, 3.8) is 0 Å². The number of methoxy groups -OCH3 is 2. The third kappa shape index (κ3) is 2.87. The first-order valence-electron chi connectivity index (χ1n) is 9.95. The second-order valence-corrected chi connectivity index (χ2v) is 7.62. The molecule has 1 atom stereocenters. The number of hydrogen-bond acceptors (Lipinski definition) is 3. The van der Waals surface area contributed by atoms with Gasteiger partial charge < -0.3 is 14.6 Å². The molecule has 0 fully saturated rings. The van der Waals surface area contributed by atoms with E-state index in [1.54, 1.807) is 14.2 Å². The fourth-order valence-corrected chi connectivity index (χ4v) is 4.75. The first kappa shape index (κ1) is 17.8. The maximum Gasteiger partial charge on any atom is 0.215 e. The quantitative estimate of drug-likeness (QED) is 0.689. The molecular weight excluding hydrogens is 362 g/mol. The Morgan fingerprint density at radius 3 is 2.52 bits per heavy atom. The van der Waals surface area contributed by atoms with Gasteiger partial charge in [-0.1, -0.05) is 18.2 Å². The van der Waals surface area contributed by atoms with Crippen molar-refractivity contribution in [2.75, 3.05) is 20.8 Å². The Labute approximate surface area is 170 Å². The van der Waals surface area contributed by atoms with Gasteiger partial charge in [-0.2, -0.15) is 0 Å². The van der Waals surface area contributed by atoms with Gasteiger partial charge in [0.05, 0.1) is 19.8 Å². The van der Waals surface area contributed by atoms with Crippen LogP contribution in [0, 0.1) is 0 Å². The van der Waals surface area contributed by atoms with E-state index < -0.39 is 0 Å². The Balaban J connectivity index is 1.75. The van der Waals surface area contributed by atoms with Crippen LogP contribution in [0.3, 0.4) is 0 Å². The molecule has 4 heteroatoms. The van der Waals surface area contributed by atoms with E-state index in [-0.39, 0.29) is 11.8 Å². The number of aromatic hydroxyl groups is 1. The van der Waals surface area contributed by atoms with Crippen LogP contribution in [0.15, 0.2) is 60.7 Å². The summed E-state index contributed by atoms with van der Waals surface area (Å²) < 4.78 is 13.4. The maximum atomic E-state index is 10.4. The zero-order chi connectivity index (χ0) is 20.0. The van der Waals surface area contributed by atoms with E-state index in [1.165, 1.54) is 22.4 Å². The van der Waals surface area contributed by atoms with Crippen LogP contribution in [-0.4, -0.2) is 36.2 Å². The molecule has 0 radical (unpaired) electrons.